The van der Waals surface area contributed by atoms with Gasteiger partial charge in [0.2, 0.25) is 0 Å². The lowest BCUT2D eigenvalue weighted by atomic mass is 10.3. The van der Waals surface area contributed by atoms with Crippen molar-refractivity contribution in [2.75, 3.05) is 6.54 Å². The summed E-state index contributed by atoms with van der Waals surface area (Å²) < 4.78 is 5.13. The summed E-state index contributed by atoms with van der Waals surface area (Å²) in [6.07, 6.45) is -0.758. The van der Waals surface area contributed by atoms with Gasteiger partial charge in [-0.25, -0.2) is 0 Å². The first-order valence-corrected chi connectivity index (χ1v) is 7.12. The maximum atomic E-state index is 11.8. The number of nitrogens with one attached hydrogen (secondary N) is 1. The average molecular weight is 281 g/mol. The minimum absolute atomic E-state index is 0.271. The summed E-state index contributed by atoms with van der Waals surface area (Å²) in [6.45, 7) is 5.68. The zero-order valence-electron chi connectivity index (χ0n) is 11.4. The molecule has 19 heavy (non-hydrogen) atoms. The summed E-state index contributed by atoms with van der Waals surface area (Å²) in [6, 6.07) is 9.61. The van der Waals surface area contributed by atoms with Crippen LogP contribution in [0.2, 0.25) is 0 Å². The summed E-state index contributed by atoms with van der Waals surface area (Å²) in [5.41, 5.74) is 0. The first-order chi connectivity index (χ1) is 9.04. The van der Waals surface area contributed by atoms with Gasteiger partial charge in [0.25, 0.3) is 5.91 Å². The number of thioether (sulfide) groups is 1. The lowest BCUT2D eigenvalue weighted by Crippen LogP contribution is -2.37. The van der Waals surface area contributed by atoms with Crippen molar-refractivity contribution in [2.45, 2.75) is 37.0 Å². The number of carbonyl (C=O) groups is 2. The molecule has 0 spiro atoms. The zero-order chi connectivity index (χ0) is 14.3. The molecule has 0 aliphatic carbocycles. The zero-order valence-corrected chi connectivity index (χ0v) is 12.2. The Morgan fingerprint density at radius 2 is 1.89 bits per heavy atom. The molecule has 0 aromatic heterocycles. The van der Waals surface area contributed by atoms with Crippen molar-refractivity contribution in [1.29, 1.82) is 0 Å². The van der Waals surface area contributed by atoms with Gasteiger partial charge in [-0.15, -0.1) is 11.8 Å². The van der Waals surface area contributed by atoms with Crippen LogP contribution >= 0.6 is 11.8 Å². The van der Waals surface area contributed by atoms with Gasteiger partial charge < -0.3 is 10.1 Å². The standard InChI is InChI=1S/C14H19NO3S/c1-4-15-13(16)10(2)18-14(17)11(3)19-12-8-6-5-7-9-12/h5-11H,4H2,1-3H3,(H,15,16)/t10-,11+/m1/s1. The summed E-state index contributed by atoms with van der Waals surface area (Å²) in [7, 11) is 0. The highest BCUT2D eigenvalue weighted by molar-refractivity contribution is 8.00. The van der Waals surface area contributed by atoms with Gasteiger partial charge in [-0.1, -0.05) is 18.2 Å². The Labute approximate surface area is 117 Å². The van der Waals surface area contributed by atoms with E-state index in [1.165, 1.54) is 11.8 Å². The van der Waals surface area contributed by atoms with Crippen LogP contribution in [0.25, 0.3) is 0 Å². The highest BCUT2D eigenvalue weighted by Crippen LogP contribution is 2.23. The maximum absolute atomic E-state index is 11.8. The lowest BCUT2D eigenvalue weighted by molar-refractivity contribution is -0.153. The molecule has 0 radical (unpaired) electrons. The number of carbonyl (C=O) groups excluding carboxylic acids is 2. The molecule has 0 saturated carbocycles. The molecule has 1 amide bonds. The van der Waals surface area contributed by atoms with E-state index in [4.69, 9.17) is 4.74 Å². The third kappa shape index (κ3) is 5.34. The van der Waals surface area contributed by atoms with E-state index < -0.39 is 6.10 Å². The van der Waals surface area contributed by atoms with Crippen molar-refractivity contribution >= 4 is 23.6 Å². The summed E-state index contributed by atoms with van der Waals surface area (Å²) >= 11 is 1.41. The second-order valence-electron chi connectivity index (χ2n) is 4.05. The lowest BCUT2D eigenvalue weighted by Gasteiger charge is -2.16. The Morgan fingerprint density at radius 3 is 2.47 bits per heavy atom. The van der Waals surface area contributed by atoms with E-state index in [-0.39, 0.29) is 17.1 Å². The number of benzene rings is 1. The molecule has 0 aliphatic rings. The molecule has 0 unspecified atom stereocenters. The molecule has 1 aromatic carbocycles. The van der Waals surface area contributed by atoms with Gasteiger partial charge >= 0.3 is 5.97 Å². The van der Waals surface area contributed by atoms with E-state index in [1.807, 2.05) is 37.3 Å². The number of amides is 1. The van der Waals surface area contributed by atoms with Gasteiger partial charge in [-0.3, -0.25) is 9.59 Å². The normalized spacial score (nSPS) is 13.4. The number of likely N-dealkylation sites (N-methyl/N-ethyl adjacent to an activating group) is 1. The molecule has 1 aromatic rings. The predicted molar refractivity (Wildman–Crippen MR) is 76.0 cm³/mol. The van der Waals surface area contributed by atoms with E-state index in [1.54, 1.807) is 13.8 Å². The van der Waals surface area contributed by atoms with Gasteiger partial charge in [0.15, 0.2) is 6.10 Å². The van der Waals surface area contributed by atoms with Gasteiger partial charge in [-0.2, -0.15) is 0 Å². The SMILES string of the molecule is CCNC(=O)[C@@H](C)OC(=O)[C@H](C)Sc1ccccc1. The quantitative estimate of drug-likeness (QED) is 0.642. The molecule has 104 valence electrons. The Kier molecular flexibility index (Phi) is 6.42. The number of ether oxygens (including phenoxy) is 1. The number of hydrogen-bond donors (Lipinski definition) is 1. The van der Waals surface area contributed by atoms with Crippen LogP contribution in [0.3, 0.4) is 0 Å². The van der Waals surface area contributed by atoms with Crippen molar-refractivity contribution < 1.29 is 14.3 Å². The Morgan fingerprint density at radius 1 is 1.26 bits per heavy atom. The Hall–Kier alpha value is -1.49. The molecule has 0 saturated heterocycles. The van der Waals surface area contributed by atoms with Crippen molar-refractivity contribution in [3.8, 4) is 0 Å². The number of esters is 1. The Balaban J connectivity index is 2.47. The van der Waals surface area contributed by atoms with E-state index in [0.29, 0.717) is 6.54 Å². The molecule has 0 fully saturated rings. The number of hydrogen-bond acceptors (Lipinski definition) is 4. The minimum atomic E-state index is -0.758. The van der Waals surface area contributed by atoms with Crippen LogP contribution in [0.4, 0.5) is 0 Å². The highest BCUT2D eigenvalue weighted by Gasteiger charge is 2.22. The maximum Gasteiger partial charge on any atom is 0.319 e. The van der Waals surface area contributed by atoms with Crippen LogP contribution < -0.4 is 5.32 Å². The smallest absolute Gasteiger partial charge is 0.319 e. The third-order valence-corrected chi connectivity index (χ3v) is 3.49. The monoisotopic (exact) mass is 281 g/mol. The molecule has 0 heterocycles. The largest absolute Gasteiger partial charge is 0.452 e. The molecule has 1 N–H and O–H groups in total. The highest BCUT2D eigenvalue weighted by atomic mass is 32.2. The molecular formula is C14H19NO3S. The van der Waals surface area contributed by atoms with Crippen LogP contribution in [0.5, 0.6) is 0 Å². The number of rotatable bonds is 6. The van der Waals surface area contributed by atoms with Crippen molar-refractivity contribution in [1.82, 2.24) is 5.32 Å². The van der Waals surface area contributed by atoms with Crippen molar-refractivity contribution in [2.24, 2.45) is 0 Å². The van der Waals surface area contributed by atoms with E-state index >= 15 is 0 Å². The first kappa shape index (κ1) is 15.6. The summed E-state index contributed by atoms with van der Waals surface area (Å²) in [5, 5.41) is 2.27. The van der Waals surface area contributed by atoms with E-state index in [9.17, 15) is 9.59 Å². The van der Waals surface area contributed by atoms with E-state index in [2.05, 4.69) is 5.32 Å². The fourth-order valence-corrected chi connectivity index (χ4v) is 2.27. The van der Waals surface area contributed by atoms with Gasteiger partial charge in [-0.05, 0) is 32.9 Å². The minimum Gasteiger partial charge on any atom is -0.452 e. The van der Waals surface area contributed by atoms with Crippen LogP contribution in [0.1, 0.15) is 20.8 Å². The predicted octanol–water partition coefficient (Wildman–Crippen LogP) is 2.24. The first-order valence-electron chi connectivity index (χ1n) is 6.24. The van der Waals surface area contributed by atoms with Gasteiger partial charge in [0, 0.05) is 11.4 Å². The molecule has 1 rings (SSSR count). The average Bonchev–Trinajstić information content (AvgIpc) is 2.40. The van der Waals surface area contributed by atoms with Crippen LogP contribution in [0, 0.1) is 0 Å². The third-order valence-electron chi connectivity index (χ3n) is 2.40. The molecule has 0 bridgehead atoms. The van der Waals surface area contributed by atoms with Crippen LogP contribution in [0.15, 0.2) is 35.2 Å². The van der Waals surface area contributed by atoms with Crippen molar-refractivity contribution in [3.05, 3.63) is 30.3 Å². The summed E-state index contributed by atoms with van der Waals surface area (Å²) in [4.78, 5) is 24.3. The van der Waals surface area contributed by atoms with Crippen LogP contribution in [-0.4, -0.2) is 29.8 Å². The van der Waals surface area contributed by atoms with Crippen LogP contribution in [-0.2, 0) is 14.3 Å². The molecule has 2 atom stereocenters. The molecule has 0 aliphatic heterocycles. The molecule has 4 nitrogen and oxygen atoms in total. The summed E-state index contributed by atoms with van der Waals surface area (Å²) in [5.74, 6) is -0.652. The Bertz CT molecular complexity index is 422. The topological polar surface area (TPSA) is 55.4 Å². The van der Waals surface area contributed by atoms with Crippen molar-refractivity contribution in [3.63, 3.8) is 0 Å². The fourth-order valence-electron chi connectivity index (χ4n) is 1.39. The van der Waals surface area contributed by atoms with Gasteiger partial charge in [0.1, 0.15) is 5.25 Å². The second kappa shape index (κ2) is 7.84. The molecular weight excluding hydrogens is 262 g/mol. The second-order valence-corrected chi connectivity index (χ2v) is 5.46. The van der Waals surface area contributed by atoms with Gasteiger partial charge in [0.05, 0.1) is 0 Å². The fraction of sp³-hybridized carbons (Fsp3) is 0.429. The van der Waals surface area contributed by atoms with E-state index in [0.717, 1.165) is 4.90 Å². The molecule has 5 heteroatoms.